The van der Waals surface area contributed by atoms with E-state index in [1.54, 1.807) is 6.92 Å². The van der Waals surface area contributed by atoms with E-state index < -0.39 is 11.9 Å². The number of carbonyl (C=O) groups excluding carboxylic acids is 2. The van der Waals surface area contributed by atoms with Gasteiger partial charge in [-0.3, -0.25) is 4.79 Å². The Labute approximate surface area is 112 Å². The van der Waals surface area contributed by atoms with Crippen LogP contribution in [0.5, 0.6) is 11.5 Å². The van der Waals surface area contributed by atoms with Gasteiger partial charge in [0.05, 0.1) is 18.2 Å². The average molecular weight is 281 g/mol. The van der Waals surface area contributed by atoms with Crippen molar-refractivity contribution in [2.45, 2.75) is 13.8 Å². The largest absolute Gasteiger partial charge is 0.506 e. The van der Waals surface area contributed by atoms with Crippen LogP contribution in [0.3, 0.4) is 0 Å². The van der Waals surface area contributed by atoms with Gasteiger partial charge in [0, 0.05) is 6.92 Å². The van der Waals surface area contributed by atoms with Gasteiger partial charge in [0.1, 0.15) is 10.6 Å². The summed E-state index contributed by atoms with van der Waals surface area (Å²) in [5.41, 5.74) is 0. The molecule has 0 fully saturated rings. The van der Waals surface area contributed by atoms with Crippen LogP contribution in [0.25, 0.3) is 10.2 Å². The second kappa shape index (κ2) is 5.23. The van der Waals surface area contributed by atoms with Crippen LogP contribution in [0, 0.1) is 0 Å². The predicted octanol–water partition coefficient (Wildman–Crippen LogP) is 2.10. The molecule has 0 aliphatic heterocycles. The maximum Gasteiger partial charge on any atom is 0.352 e. The second-order valence-electron chi connectivity index (χ2n) is 3.62. The number of pyridine rings is 1. The van der Waals surface area contributed by atoms with Gasteiger partial charge in [0.2, 0.25) is 0 Å². The average Bonchev–Trinajstić information content (AvgIpc) is 2.67. The third kappa shape index (κ3) is 2.65. The molecular formula is C12H11NO5S. The van der Waals surface area contributed by atoms with Crippen LogP contribution >= 0.6 is 11.3 Å². The van der Waals surface area contributed by atoms with Gasteiger partial charge >= 0.3 is 11.9 Å². The highest BCUT2D eigenvalue weighted by molar-refractivity contribution is 7.20. The predicted molar refractivity (Wildman–Crippen MR) is 68.6 cm³/mol. The van der Waals surface area contributed by atoms with Crippen LogP contribution in [0.2, 0.25) is 0 Å². The van der Waals surface area contributed by atoms with E-state index >= 15 is 0 Å². The molecule has 0 spiro atoms. The minimum Gasteiger partial charge on any atom is -0.506 e. The first kappa shape index (κ1) is 13.3. The molecule has 2 aromatic heterocycles. The molecule has 100 valence electrons. The van der Waals surface area contributed by atoms with Crippen molar-refractivity contribution in [1.82, 2.24) is 4.98 Å². The van der Waals surface area contributed by atoms with Crippen molar-refractivity contribution in [1.29, 1.82) is 0 Å². The van der Waals surface area contributed by atoms with Gasteiger partial charge < -0.3 is 14.6 Å². The number of aromatic hydroxyl groups is 1. The highest BCUT2D eigenvalue weighted by atomic mass is 32.1. The Bertz CT molecular complexity index is 649. The Kier molecular flexibility index (Phi) is 3.66. The molecule has 0 aliphatic carbocycles. The minimum absolute atomic E-state index is 0.0749. The summed E-state index contributed by atoms with van der Waals surface area (Å²) in [7, 11) is 0. The zero-order valence-electron chi connectivity index (χ0n) is 10.3. The molecule has 0 bridgehead atoms. The van der Waals surface area contributed by atoms with E-state index in [9.17, 15) is 14.7 Å². The van der Waals surface area contributed by atoms with E-state index in [-0.39, 0.29) is 23.0 Å². The number of ether oxygens (including phenoxy) is 2. The summed E-state index contributed by atoms with van der Waals surface area (Å²) in [5, 5.41) is 9.83. The van der Waals surface area contributed by atoms with Crippen molar-refractivity contribution in [3.05, 3.63) is 17.1 Å². The number of carbonyl (C=O) groups is 2. The van der Waals surface area contributed by atoms with Gasteiger partial charge in [-0.15, -0.1) is 11.3 Å². The molecule has 7 heteroatoms. The van der Waals surface area contributed by atoms with Crippen LogP contribution in [-0.2, 0) is 9.53 Å². The van der Waals surface area contributed by atoms with Gasteiger partial charge in [0.15, 0.2) is 10.6 Å². The molecule has 2 rings (SSSR count). The van der Waals surface area contributed by atoms with E-state index in [1.807, 2.05) is 0 Å². The molecule has 0 saturated carbocycles. The van der Waals surface area contributed by atoms with Crippen LogP contribution < -0.4 is 4.74 Å². The fourth-order valence-electron chi connectivity index (χ4n) is 1.53. The van der Waals surface area contributed by atoms with Crippen molar-refractivity contribution in [2.24, 2.45) is 0 Å². The van der Waals surface area contributed by atoms with Crippen LogP contribution in [-0.4, -0.2) is 28.6 Å². The molecular weight excluding hydrogens is 270 g/mol. The summed E-state index contributed by atoms with van der Waals surface area (Å²) in [6.07, 6.45) is 1.26. The number of fused-ring (bicyclic) bond motifs is 1. The summed E-state index contributed by atoms with van der Waals surface area (Å²) in [6, 6.07) is 1.39. The maximum absolute atomic E-state index is 11.8. The van der Waals surface area contributed by atoms with Gasteiger partial charge in [0.25, 0.3) is 0 Å². The Hall–Kier alpha value is -2.15. The third-order valence-corrected chi connectivity index (χ3v) is 3.27. The Balaban J connectivity index is 2.61. The summed E-state index contributed by atoms with van der Waals surface area (Å²) in [4.78, 5) is 27.6. The molecule has 2 aromatic rings. The first-order valence-corrected chi connectivity index (χ1v) is 6.31. The molecule has 19 heavy (non-hydrogen) atoms. The highest BCUT2D eigenvalue weighted by Gasteiger charge is 2.23. The zero-order valence-corrected chi connectivity index (χ0v) is 11.1. The fraction of sp³-hybridized carbons (Fsp3) is 0.250. The quantitative estimate of drug-likeness (QED) is 0.867. The molecule has 0 radical (unpaired) electrons. The number of nitrogens with zero attached hydrogens (tertiary/aromatic N) is 1. The molecule has 1 N–H and O–H groups in total. The molecule has 0 amide bonds. The Morgan fingerprint density at radius 1 is 1.47 bits per heavy atom. The number of hydrogen-bond acceptors (Lipinski definition) is 7. The zero-order chi connectivity index (χ0) is 14.0. The van der Waals surface area contributed by atoms with Crippen molar-refractivity contribution in [3.8, 4) is 11.5 Å². The SMILES string of the molecule is CCOC(=O)c1sc2ncc(O)cc2c1OC(C)=O. The standard InChI is InChI=1S/C12H11NO5S/c1-3-17-12(16)10-9(18-6(2)14)8-4-7(15)5-13-11(8)19-10/h4-5,15H,3H2,1-2H3. The van der Waals surface area contributed by atoms with E-state index in [4.69, 9.17) is 9.47 Å². The molecule has 0 unspecified atom stereocenters. The molecule has 0 aromatic carbocycles. The lowest BCUT2D eigenvalue weighted by molar-refractivity contribution is -0.131. The van der Waals surface area contributed by atoms with Gasteiger partial charge in [-0.05, 0) is 13.0 Å². The smallest absolute Gasteiger partial charge is 0.352 e. The minimum atomic E-state index is -0.582. The summed E-state index contributed by atoms with van der Waals surface area (Å²) < 4.78 is 9.94. The third-order valence-electron chi connectivity index (χ3n) is 2.19. The number of aromatic nitrogens is 1. The lowest BCUT2D eigenvalue weighted by atomic mass is 10.3. The Morgan fingerprint density at radius 2 is 2.21 bits per heavy atom. The molecule has 2 heterocycles. The molecule has 0 atom stereocenters. The van der Waals surface area contributed by atoms with E-state index in [1.165, 1.54) is 19.2 Å². The summed E-state index contributed by atoms with van der Waals surface area (Å²) in [5.74, 6) is -1.14. The number of rotatable bonds is 3. The van der Waals surface area contributed by atoms with E-state index in [0.29, 0.717) is 10.2 Å². The monoisotopic (exact) mass is 281 g/mol. The molecule has 0 aliphatic rings. The lowest BCUT2D eigenvalue weighted by Crippen LogP contribution is -2.07. The fourth-order valence-corrected chi connectivity index (χ4v) is 2.47. The van der Waals surface area contributed by atoms with E-state index in [2.05, 4.69) is 4.98 Å². The number of esters is 2. The molecule has 6 nitrogen and oxygen atoms in total. The van der Waals surface area contributed by atoms with Gasteiger partial charge in [-0.25, -0.2) is 9.78 Å². The van der Waals surface area contributed by atoms with Crippen LogP contribution in [0.1, 0.15) is 23.5 Å². The van der Waals surface area contributed by atoms with Gasteiger partial charge in [-0.1, -0.05) is 0 Å². The van der Waals surface area contributed by atoms with E-state index in [0.717, 1.165) is 11.3 Å². The van der Waals surface area contributed by atoms with Crippen LogP contribution in [0.4, 0.5) is 0 Å². The first-order chi connectivity index (χ1) is 9.02. The number of hydrogen-bond donors (Lipinski definition) is 1. The first-order valence-electron chi connectivity index (χ1n) is 5.50. The normalized spacial score (nSPS) is 10.4. The topological polar surface area (TPSA) is 85.7 Å². The van der Waals surface area contributed by atoms with Gasteiger partial charge in [-0.2, -0.15) is 0 Å². The van der Waals surface area contributed by atoms with Crippen molar-refractivity contribution >= 4 is 33.5 Å². The second-order valence-corrected chi connectivity index (χ2v) is 4.62. The van der Waals surface area contributed by atoms with Crippen molar-refractivity contribution < 1.29 is 24.2 Å². The maximum atomic E-state index is 11.8. The number of thiophene rings is 1. The summed E-state index contributed by atoms with van der Waals surface area (Å²) in [6.45, 7) is 3.13. The Morgan fingerprint density at radius 3 is 2.84 bits per heavy atom. The highest BCUT2D eigenvalue weighted by Crippen LogP contribution is 2.38. The lowest BCUT2D eigenvalue weighted by Gasteiger charge is -2.03. The van der Waals surface area contributed by atoms with Crippen molar-refractivity contribution in [2.75, 3.05) is 6.61 Å². The summed E-state index contributed by atoms with van der Waals surface area (Å²) >= 11 is 1.05. The van der Waals surface area contributed by atoms with Crippen molar-refractivity contribution in [3.63, 3.8) is 0 Å². The van der Waals surface area contributed by atoms with Crippen LogP contribution in [0.15, 0.2) is 12.3 Å². The molecule has 0 saturated heterocycles.